The number of halogens is 1. The van der Waals surface area contributed by atoms with Crippen molar-refractivity contribution in [2.75, 3.05) is 26.7 Å². The number of hydrogen-bond donors (Lipinski definition) is 1. The Balaban J connectivity index is 0.00000264. The zero-order valence-corrected chi connectivity index (χ0v) is 15.1. The first kappa shape index (κ1) is 19.7. The minimum Gasteiger partial charge on any atom is -1.00 e. The molecule has 0 atom stereocenters. The second-order valence-corrected chi connectivity index (χ2v) is 6.32. The van der Waals surface area contributed by atoms with Crippen LogP contribution in [0.3, 0.4) is 0 Å². The predicted octanol–water partition coefficient (Wildman–Crippen LogP) is 0.803. The van der Waals surface area contributed by atoms with E-state index in [4.69, 9.17) is 0 Å². The molecule has 2 aromatic carbocycles. The maximum Gasteiger partial charge on any atom is 0.120 e. The van der Waals surface area contributed by atoms with Gasteiger partial charge in [0, 0.05) is 6.42 Å². The molecular formula is C20H28ClNO. The molecule has 0 radical (unpaired) electrons. The fourth-order valence-electron chi connectivity index (χ4n) is 2.85. The molecule has 2 nitrogen and oxygen atoms in total. The van der Waals surface area contributed by atoms with Crippen LogP contribution in [0.4, 0.5) is 0 Å². The quantitative estimate of drug-likeness (QED) is 0.743. The van der Waals surface area contributed by atoms with E-state index < -0.39 is 5.60 Å². The van der Waals surface area contributed by atoms with Crippen molar-refractivity contribution in [1.82, 2.24) is 0 Å². The van der Waals surface area contributed by atoms with Crippen molar-refractivity contribution in [3.63, 3.8) is 0 Å². The van der Waals surface area contributed by atoms with Crippen molar-refractivity contribution in [2.24, 2.45) is 0 Å². The van der Waals surface area contributed by atoms with Gasteiger partial charge in [-0.15, -0.1) is 0 Å². The molecule has 0 spiro atoms. The highest BCUT2D eigenvalue weighted by atomic mass is 35.5. The van der Waals surface area contributed by atoms with E-state index in [-0.39, 0.29) is 12.4 Å². The van der Waals surface area contributed by atoms with E-state index in [0.717, 1.165) is 41.7 Å². The molecule has 0 aromatic heterocycles. The van der Waals surface area contributed by atoms with Gasteiger partial charge in [-0.1, -0.05) is 60.7 Å². The topological polar surface area (TPSA) is 20.2 Å². The maximum atomic E-state index is 11.5. The lowest BCUT2D eigenvalue weighted by Crippen LogP contribution is -3.00. The monoisotopic (exact) mass is 333 g/mol. The molecule has 23 heavy (non-hydrogen) atoms. The van der Waals surface area contributed by atoms with Crippen LogP contribution < -0.4 is 12.4 Å². The third-order valence-corrected chi connectivity index (χ3v) is 5.04. The van der Waals surface area contributed by atoms with E-state index in [1.807, 2.05) is 60.7 Å². The molecular weight excluding hydrogens is 306 g/mol. The Hall–Kier alpha value is -1.35. The third kappa shape index (κ3) is 4.57. The highest BCUT2D eigenvalue weighted by Gasteiger charge is 2.34. The number of benzene rings is 2. The Labute approximate surface area is 146 Å². The van der Waals surface area contributed by atoms with Gasteiger partial charge in [0.1, 0.15) is 5.60 Å². The molecule has 0 unspecified atom stereocenters. The first-order chi connectivity index (χ1) is 10.5. The molecule has 2 aromatic rings. The summed E-state index contributed by atoms with van der Waals surface area (Å²) in [7, 11) is 2.26. The fourth-order valence-corrected chi connectivity index (χ4v) is 2.85. The summed E-state index contributed by atoms with van der Waals surface area (Å²) in [6.45, 7) is 7.54. The maximum absolute atomic E-state index is 11.5. The Morgan fingerprint density at radius 2 is 1.22 bits per heavy atom. The largest absolute Gasteiger partial charge is 1.00 e. The first-order valence-electron chi connectivity index (χ1n) is 8.21. The molecule has 0 heterocycles. The Kier molecular flexibility index (Phi) is 7.27. The number of nitrogens with zero attached hydrogens (tertiary/aromatic N) is 1. The Morgan fingerprint density at radius 3 is 1.57 bits per heavy atom. The highest BCUT2D eigenvalue weighted by molar-refractivity contribution is 5.35. The van der Waals surface area contributed by atoms with Crippen LogP contribution in [-0.4, -0.2) is 36.3 Å². The Morgan fingerprint density at radius 1 is 0.826 bits per heavy atom. The zero-order chi connectivity index (χ0) is 16.1. The van der Waals surface area contributed by atoms with Crippen LogP contribution in [0.15, 0.2) is 60.7 Å². The summed E-state index contributed by atoms with van der Waals surface area (Å²) >= 11 is 0. The van der Waals surface area contributed by atoms with Gasteiger partial charge >= 0.3 is 0 Å². The second-order valence-electron chi connectivity index (χ2n) is 6.32. The van der Waals surface area contributed by atoms with E-state index in [9.17, 15) is 5.11 Å². The Bertz CT molecular complexity index is 527. The third-order valence-electron chi connectivity index (χ3n) is 5.04. The van der Waals surface area contributed by atoms with E-state index in [2.05, 4.69) is 20.9 Å². The molecule has 1 N–H and O–H groups in total. The molecule has 0 aliphatic heterocycles. The lowest BCUT2D eigenvalue weighted by Gasteiger charge is -2.37. The average Bonchev–Trinajstić information content (AvgIpc) is 2.61. The van der Waals surface area contributed by atoms with Gasteiger partial charge in [0.25, 0.3) is 0 Å². The summed E-state index contributed by atoms with van der Waals surface area (Å²) in [6, 6.07) is 20.1. The standard InChI is InChI=1S/C20H28NO.ClH/c1-4-21(3,5-2)17-16-20(22,18-12-8-6-9-13-18)19-14-10-7-11-15-19;/h6-15,22H,4-5,16-17H2,1-3H3;1H/q+1;/p-1. The van der Waals surface area contributed by atoms with Gasteiger partial charge in [-0.25, -0.2) is 0 Å². The lowest BCUT2D eigenvalue weighted by atomic mass is 9.83. The van der Waals surface area contributed by atoms with Crippen molar-refractivity contribution in [3.05, 3.63) is 71.8 Å². The minimum absolute atomic E-state index is 0. The normalized spacial score (nSPS) is 11.8. The van der Waals surface area contributed by atoms with Gasteiger partial charge in [-0.05, 0) is 25.0 Å². The molecule has 0 saturated carbocycles. The highest BCUT2D eigenvalue weighted by Crippen LogP contribution is 2.33. The second kappa shape index (κ2) is 8.49. The fraction of sp³-hybridized carbons (Fsp3) is 0.400. The molecule has 0 fully saturated rings. The molecule has 0 saturated heterocycles. The van der Waals surface area contributed by atoms with Crippen LogP contribution in [0.5, 0.6) is 0 Å². The van der Waals surface area contributed by atoms with Gasteiger partial charge in [0.2, 0.25) is 0 Å². The average molecular weight is 334 g/mol. The van der Waals surface area contributed by atoms with Gasteiger partial charge in [-0.3, -0.25) is 0 Å². The van der Waals surface area contributed by atoms with E-state index in [1.165, 1.54) is 0 Å². The van der Waals surface area contributed by atoms with Crippen molar-refractivity contribution < 1.29 is 22.0 Å². The number of aliphatic hydroxyl groups is 1. The van der Waals surface area contributed by atoms with E-state index in [1.54, 1.807) is 0 Å². The van der Waals surface area contributed by atoms with Crippen LogP contribution in [0, 0.1) is 0 Å². The summed E-state index contributed by atoms with van der Waals surface area (Å²) in [5, 5.41) is 11.5. The van der Waals surface area contributed by atoms with Gasteiger partial charge in [0.15, 0.2) is 0 Å². The minimum atomic E-state index is -0.924. The number of rotatable bonds is 7. The van der Waals surface area contributed by atoms with E-state index >= 15 is 0 Å². The molecule has 0 aliphatic rings. The van der Waals surface area contributed by atoms with Crippen molar-refractivity contribution in [1.29, 1.82) is 0 Å². The predicted molar refractivity (Wildman–Crippen MR) is 92.6 cm³/mol. The molecule has 126 valence electrons. The van der Waals surface area contributed by atoms with Crippen LogP contribution in [0.1, 0.15) is 31.4 Å². The summed E-state index contributed by atoms with van der Waals surface area (Å²) in [5.74, 6) is 0. The number of quaternary nitrogens is 1. The first-order valence-corrected chi connectivity index (χ1v) is 8.21. The van der Waals surface area contributed by atoms with Crippen molar-refractivity contribution in [3.8, 4) is 0 Å². The van der Waals surface area contributed by atoms with Gasteiger partial charge in [-0.2, -0.15) is 0 Å². The van der Waals surface area contributed by atoms with E-state index in [0.29, 0.717) is 0 Å². The van der Waals surface area contributed by atoms with Crippen LogP contribution in [-0.2, 0) is 5.60 Å². The van der Waals surface area contributed by atoms with Crippen LogP contribution in [0.2, 0.25) is 0 Å². The number of hydrogen-bond acceptors (Lipinski definition) is 1. The summed E-state index contributed by atoms with van der Waals surface area (Å²) in [4.78, 5) is 0. The van der Waals surface area contributed by atoms with Crippen LogP contribution in [0.25, 0.3) is 0 Å². The van der Waals surface area contributed by atoms with Crippen LogP contribution >= 0.6 is 0 Å². The molecule has 0 amide bonds. The summed E-state index contributed by atoms with van der Waals surface area (Å²) < 4.78 is 0.974. The molecule has 0 aliphatic carbocycles. The molecule has 0 bridgehead atoms. The zero-order valence-electron chi connectivity index (χ0n) is 14.4. The van der Waals surface area contributed by atoms with Crippen molar-refractivity contribution >= 4 is 0 Å². The van der Waals surface area contributed by atoms with Crippen molar-refractivity contribution in [2.45, 2.75) is 25.9 Å². The molecule has 3 heteroatoms. The van der Waals surface area contributed by atoms with Gasteiger partial charge < -0.3 is 22.0 Å². The summed E-state index contributed by atoms with van der Waals surface area (Å²) in [5.41, 5.74) is 1.02. The lowest BCUT2D eigenvalue weighted by molar-refractivity contribution is -0.907. The summed E-state index contributed by atoms with van der Waals surface area (Å²) in [6.07, 6.45) is 0.721. The molecule has 2 rings (SSSR count). The SMILES string of the molecule is CC[N+](C)(CC)CCC(O)(c1ccccc1)c1ccccc1.[Cl-]. The smallest absolute Gasteiger partial charge is 0.120 e. The van der Waals surface area contributed by atoms with Gasteiger partial charge in [0.05, 0.1) is 26.7 Å².